The molecular formula is C15H23N3. The summed E-state index contributed by atoms with van der Waals surface area (Å²) in [5, 5.41) is 3.76. The molecule has 0 spiro atoms. The molecule has 0 saturated carbocycles. The van der Waals surface area contributed by atoms with Crippen molar-refractivity contribution in [3.8, 4) is 0 Å². The molecule has 2 aliphatic rings. The van der Waals surface area contributed by atoms with Crippen LogP contribution in [0.25, 0.3) is 0 Å². The number of piperidine rings is 1. The smallest absolute Gasteiger partial charge is 0.0570 e. The van der Waals surface area contributed by atoms with E-state index in [0.717, 1.165) is 11.7 Å². The van der Waals surface area contributed by atoms with Crippen LogP contribution in [-0.2, 0) is 0 Å². The van der Waals surface area contributed by atoms with Crippen molar-refractivity contribution >= 4 is 0 Å². The number of nitrogens with zero attached hydrogens (tertiary/aromatic N) is 2. The number of pyridine rings is 1. The van der Waals surface area contributed by atoms with Gasteiger partial charge in [0.05, 0.1) is 5.69 Å². The monoisotopic (exact) mass is 245 g/mol. The number of nitrogens with one attached hydrogen (secondary N) is 1. The fraction of sp³-hybridized carbons (Fsp3) is 0.667. The van der Waals surface area contributed by atoms with Crippen molar-refractivity contribution < 1.29 is 0 Å². The third-order valence-corrected chi connectivity index (χ3v) is 4.44. The fourth-order valence-corrected chi connectivity index (χ4v) is 3.45. The van der Waals surface area contributed by atoms with E-state index in [2.05, 4.69) is 34.3 Å². The highest BCUT2D eigenvalue weighted by Gasteiger charge is 2.32. The average molecular weight is 245 g/mol. The zero-order chi connectivity index (χ0) is 12.4. The number of hydrogen-bond acceptors (Lipinski definition) is 3. The van der Waals surface area contributed by atoms with Crippen LogP contribution in [0.4, 0.5) is 0 Å². The summed E-state index contributed by atoms with van der Waals surface area (Å²) in [6.45, 7) is 4.83. The maximum absolute atomic E-state index is 4.44. The quantitative estimate of drug-likeness (QED) is 0.886. The molecule has 0 aliphatic carbocycles. The molecule has 3 nitrogen and oxygen atoms in total. The Hall–Kier alpha value is -0.930. The second-order valence-electron chi connectivity index (χ2n) is 5.70. The van der Waals surface area contributed by atoms with Gasteiger partial charge in [0.1, 0.15) is 0 Å². The maximum atomic E-state index is 4.44. The van der Waals surface area contributed by atoms with Crippen molar-refractivity contribution in [1.82, 2.24) is 15.2 Å². The Morgan fingerprint density at radius 1 is 1.33 bits per heavy atom. The van der Waals surface area contributed by atoms with Crippen LogP contribution in [0.3, 0.4) is 0 Å². The van der Waals surface area contributed by atoms with Crippen molar-refractivity contribution in [1.29, 1.82) is 0 Å². The van der Waals surface area contributed by atoms with Crippen molar-refractivity contribution in [2.24, 2.45) is 0 Å². The van der Waals surface area contributed by atoms with Gasteiger partial charge < -0.3 is 10.2 Å². The molecule has 0 radical (unpaired) electrons. The van der Waals surface area contributed by atoms with Crippen LogP contribution in [0.2, 0.25) is 0 Å². The summed E-state index contributed by atoms with van der Waals surface area (Å²) in [5.74, 6) is 0. The predicted octanol–water partition coefficient (Wildman–Crippen LogP) is 2.36. The second-order valence-corrected chi connectivity index (χ2v) is 5.70. The Kier molecular flexibility index (Phi) is 3.62. The number of aromatic nitrogens is 1. The third-order valence-electron chi connectivity index (χ3n) is 4.44. The fourth-order valence-electron chi connectivity index (χ4n) is 3.45. The average Bonchev–Trinajstić information content (AvgIpc) is 2.87. The molecule has 0 aromatic carbocycles. The van der Waals surface area contributed by atoms with Gasteiger partial charge in [0, 0.05) is 24.3 Å². The van der Waals surface area contributed by atoms with Crippen molar-refractivity contribution in [3.63, 3.8) is 0 Å². The van der Waals surface area contributed by atoms with Crippen LogP contribution in [0, 0.1) is 0 Å². The molecule has 1 aromatic rings. The molecule has 1 N–H and O–H groups in total. The van der Waals surface area contributed by atoms with Crippen LogP contribution in [0.15, 0.2) is 24.4 Å². The molecule has 3 heterocycles. The van der Waals surface area contributed by atoms with E-state index in [4.69, 9.17) is 0 Å². The number of hydrogen-bond donors (Lipinski definition) is 1. The van der Waals surface area contributed by atoms with Gasteiger partial charge in [-0.3, -0.25) is 4.98 Å². The van der Waals surface area contributed by atoms with Crippen LogP contribution in [0.5, 0.6) is 0 Å². The van der Waals surface area contributed by atoms with Crippen LogP contribution >= 0.6 is 0 Å². The topological polar surface area (TPSA) is 28.2 Å². The summed E-state index contributed by atoms with van der Waals surface area (Å²) >= 11 is 0. The van der Waals surface area contributed by atoms with Gasteiger partial charge >= 0.3 is 0 Å². The van der Waals surface area contributed by atoms with E-state index < -0.39 is 0 Å². The first-order valence-electron chi connectivity index (χ1n) is 7.24. The van der Waals surface area contributed by atoms with Gasteiger partial charge in [0.25, 0.3) is 0 Å². The molecule has 2 aliphatic heterocycles. The van der Waals surface area contributed by atoms with E-state index in [0.29, 0.717) is 12.1 Å². The molecule has 2 fully saturated rings. The number of rotatable bonds is 3. The summed E-state index contributed by atoms with van der Waals surface area (Å²) < 4.78 is 0. The zero-order valence-corrected chi connectivity index (χ0v) is 11.2. The Bertz CT molecular complexity index is 379. The largest absolute Gasteiger partial charge is 0.306 e. The molecular weight excluding hydrogens is 222 g/mol. The van der Waals surface area contributed by atoms with E-state index in [-0.39, 0.29) is 0 Å². The van der Waals surface area contributed by atoms with Crippen LogP contribution in [0.1, 0.15) is 44.3 Å². The van der Waals surface area contributed by atoms with E-state index in [1.165, 1.54) is 38.8 Å². The minimum atomic E-state index is 0.365. The highest BCUT2D eigenvalue weighted by Crippen LogP contribution is 2.27. The number of fused-ring (bicyclic) bond motifs is 1. The van der Waals surface area contributed by atoms with Gasteiger partial charge in [-0.15, -0.1) is 0 Å². The summed E-state index contributed by atoms with van der Waals surface area (Å²) in [5.41, 5.74) is 1.16. The van der Waals surface area contributed by atoms with Gasteiger partial charge in [0.2, 0.25) is 0 Å². The molecule has 1 aromatic heterocycles. The highest BCUT2D eigenvalue weighted by molar-refractivity contribution is 5.08. The first-order chi connectivity index (χ1) is 8.83. The zero-order valence-electron chi connectivity index (χ0n) is 11.2. The Morgan fingerprint density at radius 2 is 2.28 bits per heavy atom. The summed E-state index contributed by atoms with van der Waals surface area (Å²) in [4.78, 5) is 7.11. The van der Waals surface area contributed by atoms with E-state index in [1.54, 1.807) is 0 Å². The minimum Gasteiger partial charge on any atom is -0.306 e. The van der Waals surface area contributed by atoms with Gasteiger partial charge in [0.15, 0.2) is 0 Å². The normalized spacial score (nSPS) is 30.1. The molecule has 3 heteroatoms. The van der Waals surface area contributed by atoms with Gasteiger partial charge in [-0.25, -0.2) is 0 Å². The maximum Gasteiger partial charge on any atom is 0.0570 e. The molecule has 0 amide bonds. The minimum absolute atomic E-state index is 0.365. The lowest BCUT2D eigenvalue weighted by Gasteiger charge is -2.36. The highest BCUT2D eigenvalue weighted by atomic mass is 15.2. The molecule has 18 heavy (non-hydrogen) atoms. The van der Waals surface area contributed by atoms with Gasteiger partial charge in [-0.05, 0) is 57.8 Å². The predicted molar refractivity (Wildman–Crippen MR) is 73.4 cm³/mol. The summed E-state index contributed by atoms with van der Waals surface area (Å²) in [7, 11) is 0. The SMILES string of the molecule is C[C@@H](NC1CCN2CCCC2C1)c1ccccn1. The summed E-state index contributed by atoms with van der Waals surface area (Å²) in [6, 6.07) is 8.04. The Balaban J connectivity index is 1.57. The molecule has 98 valence electrons. The molecule has 0 bridgehead atoms. The van der Waals surface area contributed by atoms with E-state index in [9.17, 15) is 0 Å². The van der Waals surface area contributed by atoms with Crippen LogP contribution < -0.4 is 5.32 Å². The van der Waals surface area contributed by atoms with Crippen molar-refractivity contribution in [2.75, 3.05) is 13.1 Å². The van der Waals surface area contributed by atoms with E-state index >= 15 is 0 Å². The third kappa shape index (κ3) is 2.57. The summed E-state index contributed by atoms with van der Waals surface area (Å²) in [6.07, 6.45) is 7.28. The Labute approximate surface area is 110 Å². The van der Waals surface area contributed by atoms with Gasteiger partial charge in [-0.1, -0.05) is 6.07 Å². The van der Waals surface area contributed by atoms with Gasteiger partial charge in [-0.2, -0.15) is 0 Å². The lowest BCUT2D eigenvalue weighted by molar-refractivity contribution is 0.162. The Morgan fingerprint density at radius 3 is 3.11 bits per heavy atom. The second kappa shape index (κ2) is 5.37. The molecule has 3 rings (SSSR count). The first kappa shape index (κ1) is 12.1. The molecule has 2 unspecified atom stereocenters. The van der Waals surface area contributed by atoms with Crippen molar-refractivity contribution in [2.45, 2.75) is 50.7 Å². The van der Waals surface area contributed by atoms with Crippen molar-refractivity contribution in [3.05, 3.63) is 30.1 Å². The van der Waals surface area contributed by atoms with Crippen LogP contribution in [-0.4, -0.2) is 35.1 Å². The first-order valence-corrected chi connectivity index (χ1v) is 7.24. The van der Waals surface area contributed by atoms with E-state index in [1.807, 2.05) is 12.3 Å². The lowest BCUT2D eigenvalue weighted by atomic mass is 9.96. The molecule has 2 saturated heterocycles. The molecule has 3 atom stereocenters. The lowest BCUT2D eigenvalue weighted by Crippen LogP contribution is -2.46. The standard InChI is InChI=1S/C15H23N3/c1-12(15-6-2-3-8-16-15)17-13-7-10-18-9-4-5-14(18)11-13/h2-3,6,8,12-14,17H,4-5,7,9-11H2,1H3/t12-,13?,14?/m1/s1.